The fourth-order valence-electron chi connectivity index (χ4n) is 2.88. The number of benzene rings is 3. The number of aryl methyl sites for hydroxylation is 1. The minimum atomic E-state index is -0.448. The predicted octanol–water partition coefficient (Wildman–Crippen LogP) is 6.08. The van der Waals surface area contributed by atoms with Crippen molar-refractivity contribution in [2.75, 3.05) is 5.32 Å². The number of hydrogen-bond donors (Lipinski definition) is 1. The number of rotatable bonds is 6. The third-order valence-electron chi connectivity index (χ3n) is 4.68. The highest BCUT2D eigenvalue weighted by Gasteiger charge is 2.11. The van der Waals surface area contributed by atoms with E-state index in [1.54, 1.807) is 12.1 Å². The molecule has 0 atom stereocenters. The SMILES string of the molecule is Cc1cccc(NC(=O)/C(C#N)=C\c2cccc(OCc3cccc(Cl)c3)c2)c1C. The molecule has 0 fully saturated rings. The number of halogens is 1. The molecule has 0 radical (unpaired) electrons. The molecule has 3 aromatic carbocycles. The topological polar surface area (TPSA) is 62.1 Å². The van der Waals surface area contributed by atoms with Gasteiger partial charge in [0.25, 0.3) is 5.91 Å². The van der Waals surface area contributed by atoms with Crippen molar-refractivity contribution < 1.29 is 9.53 Å². The molecule has 0 spiro atoms. The van der Waals surface area contributed by atoms with Gasteiger partial charge >= 0.3 is 0 Å². The molecular formula is C25H21ClN2O2. The van der Waals surface area contributed by atoms with E-state index in [2.05, 4.69) is 5.32 Å². The number of amides is 1. The minimum absolute atomic E-state index is 0.0166. The van der Waals surface area contributed by atoms with Crippen LogP contribution in [-0.2, 0) is 11.4 Å². The first-order chi connectivity index (χ1) is 14.5. The molecule has 0 aliphatic carbocycles. The van der Waals surface area contributed by atoms with Gasteiger partial charge < -0.3 is 10.1 Å². The van der Waals surface area contributed by atoms with Crippen molar-refractivity contribution >= 4 is 29.3 Å². The Balaban J connectivity index is 1.74. The van der Waals surface area contributed by atoms with Crippen molar-refractivity contribution in [2.45, 2.75) is 20.5 Å². The Morgan fingerprint density at radius 2 is 1.87 bits per heavy atom. The standard InChI is InChI=1S/C25H21ClN2O2/c1-17-6-3-11-24(18(17)2)28-25(29)21(15-27)12-19-7-5-10-23(14-19)30-16-20-8-4-9-22(26)13-20/h3-14H,16H2,1-2H3,(H,28,29)/b21-12-. The Morgan fingerprint density at radius 3 is 2.63 bits per heavy atom. The molecule has 0 bridgehead atoms. The van der Waals surface area contributed by atoms with Gasteiger partial charge in [0.2, 0.25) is 0 Å². The summed E-state index contributed by atoms with van der Waals surface area (Å²) in [6, 6.07) is 22.3. The molecule has 30 heavy (non-hydrogen) atoms. The zero-order valence-corrected chi connectivity index (χ0v) is 17.5. The van der Waals surface area contributed by atoms with Gasteiger partial charge in [0, 0.05) is 10.7 Å². The number of carbonyl (C=O) groups is 1. The average Bonchev–Trinajstić information content (AvgIpc) is 2.74. The van der Waals surface area contributed by atoms with Crippen molar-refractivity contribution in [3.8, 4) is 11.8 Å². The largest absolute Gasteiger partial charge is 0.489 e. The summed E-state index contributed by atoms with van der Waals surface area (Å²) < 4.78 is 5.82. The Morgan fingerprint density at radius 1 is 1.10 bits per heavy atom. The van der Waals surface area contributed by atoms with Crippen LogP contribution in [-0.4, -0.2) is 5.91 Å². The summed E-state index contributed by atoms with van der Waals surface area (Å²) in [5.41, 5.74) is 4.40. The molecule has 0 saturated carbocycles. The third kappa shape index (κ3) is 5.50. The molecule has 0 heterocycles. The fraction of sp³-hybridized carbons (Fsp3) is 0.120. The van der Waals surface area contributed by atoms with Gasteiger partial charge in [-0.05, 0) is 72.5 Å². The second-order valence-electron chi connectivity index (χ2n) is 6.86. The molecule has 0 aliphatic heterocycles. The van der Waals surface area contributed by atoms with Crippen LogP contribution in [0, 0.1) is 25.2 Å². The zero-order chi connectivity index (χ0) is 21.5. The number of anilines is 1. The van der Waals surface area contributed by atoms with Crippen LogP contribution in [0.3, 0.4) is 0 Å². The van der Waals surface area contributed by atoms with Gasteiger partial charge in [-0.25, -0.2) is 0 Å². The number of nitrogens with one attached hydrogen (secondary N) is 1. The van der Waals surface area contributed by atoms with Gasteiger partial charge in [0.05, 0.1) is 0 Å². The summed E-state index contributed by atoms with van der Waals surface area (Å²) in [7, 11) is 0. The Kier molecular flexibility index (Phi) is 6.90. The highest BCUT2D eigenvalue weighted by atomic mass is 35.5. The molecule has 0 unspecified atom stereocenters. The van der Waals surface area contributed by atoms with Crippen LogP contribution in [0.5, 0.6) is 5.75 Å². The fourth-order valence-corrected chi connectivity index (χ4v) is 3.09. The van der Waals surface area contributed by atoms with Gasteiger partial charge in [-0.15, -0.1) is 0 Å². The van der Waals surface area contributed by atoms with E-state index < -0.39 is 5.91 Å². The van der Waals surface area contributed by atoms with Gasteiger partial charge in [-0.1, -0.05) is 48.0 Å². The lowest BCUT2D eigenvalue weighted by Crippen LogP contribution is -2.14. The molecule has 1 N–H and O–H groups in total. The predicted molar refractivity (Wildman–Crippen MR) is 120 cm³/mol. The monoisotopic (exact) mass is 416 g/mol. The summed E-state index contributed by atoms with van der Waals surface area (Å²) in [4.78, 5) is 12.6. The van der Waals surface area contributed by atoms with Crippen molar-refractivity contribution in [2.24, 2.45) is 0 Å². The maximum absolute atomic E-state index is 12.6. The van der Waals surface area contributed by atoms with Crippen molar-refractivity contribution in [1.29, 1.82) is 5.26 Å². The molecule has 1 amide bonds. The van der Waals surface area contributed by atoms with Crippen molar-refractivity contribution in [1.82, 2.24) is 0 Å². The van der Waals surface area contributed by atoms with Crippen LogP contribution in [0.25, 0.3) is 6.08 Å². The van der Waals surface area contributed by atoms with Crippen LogP contribution >= 0.6 is 11.6 Å². The molecule has 3 rings (SSSR count). The molecular weight excluding hydrogens is 396 g/mol. The van der Waals surface area contributed by atoms with E-state index in [0.717, 1.165) is 16.7 Å². The van der Waals surface area contributed by atoms with Crippen LogP contribution in [0.15, 0.2) is 72.3 Å². The number of nitriles is 1. The van der Waals surface area contributed by atoms with Crippen molar-refractivity contribution in [3.05, 3.63) is 99.6 Å². The van der Waals surface area contributed by atoms with E-state index in [9.17, 15) is 10.1 Å². The summed E-state index contributed by atoms with van der Waals surface area (Å²) in [6.45, 7) is 4.27. The lowest BCUT2D eigenvalue weighted by molar-refractivity contribution is -0.112. The minimum Gasteiger partial charge on any atom is -0.489 e. The van der Waals surface area contributed by atoms with Crippen LogP contribution in [0.1, 0.15) is 22.3 Å². The summed E-state index contributed by atoms with van der Waals surface area (Å²) in [5.74, 6) is 0.187. The second kappa shape index (κ2) is 9.78. The zero-order valence-electron chi connectivity index (χ0n) is 16.8. The number of ether oxygens (including phenoxy) is 1. The third-order valence-corrected chi connectivity index (χ3v) is 4.92. The van der Waals surface area contributed by atoms with E-state index >= 15 is 0 Å². The first-order valence-electron chi connectivity index (χ1n) is 9.43. The Hall–Kier alpha value is -3.55. The number of carbonyl (C=O) groups excluding carboxylic acids is 1. The molecule has 4 nitrogen and oxygen atoms in total. The first kappa shape index (κ1) is 21.2. The lowest BCUT2D eigenvalue weighted by atomic mass is 10.1. The first-order valence-corrected chi connectivity index (χ1v) is 9.81. The molecule has 3 aromatic rings. The molecule has 0 aromatic heterocycles. The molecule has 0 saturated heterocycles. The highest BCUT2D eigenvalue weighted by molar-refractivity contribution is 6.30. The van der Waals surface area contributed by atoms with Gasteiger partial charge in [-0.3, -0.25) is 4.79 Å². The van der Waals surface area contributed by atoms with E-state index in [-0.39, 0.29) is 5.57 Å². The summed E-state index contributed by atoms with van der Waals surface area (Å²) in [5, 5.41) is 13.0. The van der Waals surface area contributed by atoms with Crippen LogP contribution in [0.2, 0.25) is 5.02 Å². The Bertz CT molecular complexity index is 1150. The van der Waals surface area contributed by atoms with Gasteiger partial charge in [-0.2, -0.15) is 5.26 Å². The normalized spacial score (nSPS) is 10.9. The van der Waals surface area contributed by atoms with E-state index in [1.807, 2.05) is 80.6 Å². The average molecular weight is 417 g/mol. The van der Waals surface area contributed by atoms with E-state index in [4.69, 9.17) is 16.3 Å². The highest BCUT2D eigenvalue weighted by Crippen LogP contribution is 2.21. The van der Waals surface area contributed by atoms with Crippen molar-refractivity contribution in [3.63, 3.8) is 0 Å². The lowest BCUT2D eigenvalue weighted by Gasteiger charge is -2.10. The molecule has 150 valence electrons. The van der Waals surface area contributed by atoms with Gasteiger partial charge in [0.15, 0.2) is 0 Å². The number of nitrogens with zero attached hydrogens (tertiary/aromatic N) is 1. The second-order valence-corrected chi connectivity index (χ2v) is 7.30. The maximum atomic E-state index is 12.6. The van der Waals surface area contributed by atoms with Gasteiger partial charge in [0.1, 0.15) is 24.0 Å². The maximum Gasteiger partial charge on any atom is 0.266 e. The Labute approximate surface area is 181 Å². The van der Waals surface area contributed by atoms with Crippen LogP contribution < -0.4 is 10.1 Å². The van der Waals surface area contributed by atoms with Crippen LogP contribution in [0.4, 0.5) is 5.69 Å². The molecule has 0 aliphatic rings. The summed E-state index contributed by atoms with van der Waals surface area (Å²) >= 11 is 6.00. The van der Waals surface area contributed by atoms with E-state index in [0.29, 0.717) is 28.6 Å². The van der Waals surface area contributed by atoms with E-state index in [1.165, 1.54) is 0 Å². The smallest absolute Gasteiger partial charge is 0.266 e. The summed E-state index contributed by atoms with van der Waals surface area (Å²) in [6.07, 6.45) is 1.55. The number of hydrogen-bond acceptors (Lipinski definition) is 3. The molecule has 5 heteroatoms. The quantitative estimate of drug-likeness (QED) is 0.391.